The maximum Gasteiger partial charge on any atom is 0.286 e. The van der Waals surface area contributed by atoms with Gasteiger partial charge in [-0.15, -0.1) is 0 Å². The second-order valence-corrected chi connectivity index (χ2v) is 7.40. The number of amidine groups is 1. The lowest BCUT2D eigenvalue weighted by Gasteiger charge is -2.35. The van der Waals surface area contributed by atoms with Crippen molar-refractivity contribution in [3.05, 3.63) is 34.7 Å². The fraction of sp³-hybridized carbons (Fsp3) is 0.474. The Balaban J connectivity index is 1.66. The Kier molecular flexibility index (Phi) is 5.81. The number of hydrogen-bond acceptors (Lipinski definition) is 5. The largest absolute Gasteiger partial charge is 0.494 e. The van der Waals surface area contributed by atoms with Crippen LogP contribution in [0.15, 0.2) is 34.2 Å². The molecule has 0 radical (unpaired) electrons. The van der Waals surface area contributed by atoms with Crippen LogP contribution >= 0.6 is 11.8 Å². The number of thioether (sulfide) groups is 1. The van der Waals surface area contributed by atoms with E-state index < -0.39 is 0 Å². The fourth-order valence-corrected chi connectivity index (χ4v) is 3.83. The minimum Gasteiger partial charge on any atom is -0.494 e. The van der Waals surface area contributed by atoms with Crippen molar-refractivity contribution >= 4 is 28.9 Å². The number of rotatable bonds is 4. The zero-order valence-corrected chi connectivity index (χ0v) is 15.7. The molecular formula is C19H24N2O3S. The fourth-order valence-electron chi connectivity index (χ4n) is 2.90. The third kappa shape index (κ3) is 4.64. The third-order valence-corrected chi connectivity index (χ3v) is 4.99. The van der Waals surface area contributed by atoms with Gasteiger partial charge in [0, 0.05) is 13.1 Å². The molecule has 2 atom stereocenters. The van der Waals surface area contributed by atoms with Gasteiger partial charge in [-0.25, -0.2) is 0 Å². The molecule has 3 rings (SSSR count). The first kappa shape index (κ1) is 18.0. The number of ether oxygens (including phenoxy) is 2. The summed E-state index contributed by atoms with van der Waals surface area (Å²) in [6, 6.07) is 7.78. The van der Waals surface area contributed by atoms with Gasteiger partial charge in [-0.05, 0) is 55.8 Å². The monoisotopic (exact) mass is 360 g/mol. The molecule has 1 saturated heterocycles. The minimum absolute atomic E-state index is 0.144. The van der Waals surface area contributed by atoms with Crippen molar-refractivity contribution in [3.8, 4) is 5.75 Å². The maximum absolute atomic E-state index is 12.2. The molecule has 1 amide bonds. The van der Waals surface area contributed by atoms with E-state index in [1.54, 1.807) is 0 Å². The smallest absolute Gasteiger partial charge is 0.286 e. The second-order valence-electron chi connectivity index (χ2n) is 6.39. The molecule has 134 valence electrons. The number of aliphatic imine (C=N–C) groups is 1. The van der Waals surface area contributed by atoms with E-state index in [4.69, 9.17) is 9.47 Å². The zero-order valence-electron chi connectivity index (χ0n) is 14.9. The molecule has 1 fully saturated rings. The Hall–Kier alpha value is -1.79. The highest BCUT2D eigenvalue weighted by Gasteiger charge is 2.30. The van der Waals surface area contributed by atoms with Crippen molar-refractivity contribution < 1.29 is 14.3 Å². The van der Waals surface area contributed by atoms with E-state index in [-0.39, 0.29) is 18.1 Å². The molecule has 2 aliphatic heterocycles. The van der Waals surface area contributed by atoms with Crippen molar-refractivity contribution in [2.45, 2.75) is 39.4 Å². The molecule has 0 N–H and O–H groups in total. The number of benzene rings is 1. The predicted octanol–water partition coefficient (Wildman–Crippen LogP) is 3.55. The van der Waals surface area contributed by atoms with Crippen LogP contribution in [0.5, 0.6) is 5.75 Å². The molecule has 2 unspecified atom stereocenters. The third-order valence-electron chi connectivity index (χ3n) is 3.95. The summed E-state index contributed by atoms with van der Waals surface area (Å²) in [5.74, 6) is 0.681. The quantitative estimate of drug-likeness (QED) is 0.769. The van der Waals surface area contributed by atoms with E-state index in [1.165, 1.54) is 11.8 Å². The van der Waals surface area contributed by atoms with Crippen LogP contribution in [0, 0.1) is 0 Å². The van der Waals surface area contributed by atoms with Gasteiger partial charge in [0.1, 0.15) is 5.75 Å². The average Bonchev–Trinajstić information content (AvgIpc) is 2.94. The summed E-state index contributed by atoms with van der Waals surface area (Å²) in [6.45, 7) is 8.41. The molecular weight excluding hydrogens is 336 g/mol. The first-order valence-corrected chi connectivity index (χ1v) is 9.52. The number of hydrogen-bond donors (Lipinski definition) is 0. The predicted molar refractivity (Wildman–Crippen MR) is 102 cm³/mol. The SMILES string of the molecule is CCCOc1ccc(/C=C2\SC(N3CC(C)OC(C)C3)=NC2=O)cc1. The van der Waals surface area contributed by atoms with Gasteiger partial charge in [-0.2, -0.15) is 4.99 Å². The van der Waals surface area contributed by atoms with Crippen LogP contribution in [0.1, 0.15) is 32.8 Å². The summed E-state index contributed by atoms with van der Waals surface area (Å²) in [5.41, 5.74) is 0.972. The first-order chi connectivity index (χ1) is 12.0. The van der Waals surface area contributed by atoms with E-state index in [1.807, 2.05) is 44.2 Å². The number of nitrogens with zero attached hydrogens (tertiary/aromatic N) is 2. The summed E-state index contributed by atoms with van der Waals surface area (Å²) in [4.78, 5) is 19.3. The summed E-state index contributed by atoms with van der Waals surface area (Å²) in [7, 11) is 0. The first-order valence-electron chi connectivity index (χ1n) is 8.71. The van der Waals surface area contributed by atoms with Crippen molar-refractivity contribution in [3.63, 3.8) is 0 Å². The zero-order chi connectivity index (χ0) is 17.8. The molecule has 5 nitrogen and oxygen atoms in total. The molecule has 0 aromatic heterocycles. The van der Waals surface area contributed by atoms with Crippen molar-refractivity contribution in [2.24, 2.45) is 4.99 Å². The molecule has 2 heterocycles. The second kappa shape index (κ2) is 8.06. The van der Waals surface area contributed by atoms with Crippen LogP contribution in [0.3, 0.4) is 0 Å². The Morgan fingerprint density at radius 1 is 1.28 bits per heavy atom. The average molecular weight is 360 g/mol. The van der Waals surface area contributed by atoms with Gasteiger partial charge in [0.2, 0.25) is 0 Å². The highest BCUT2D eigenvalue weighted by Crippen LogP contribution is 2.31. The standard InChI is InChI=1S/C19H24N2O3S/c1-4-9-23-16-7-5-15(6-8-16)10-17-18(22)20-19(25-17)21-11-13(2)24-14(3)12-21/h5-8,10,13-14H,4,9,11-12H2,1-3H3/b17-10-. The Labute approximate surface area is 153 Å². The van der Waals surface area contributed by atoms with Crippen molar-refractivity contribution in [1.29, 1.82) is 0 Å². The molecule has 6 heteroatoms. The van der Waals surface area contributed by atoms with Crippen LogP contribution in [0.4, 0.5) is 0 Å². The lowest BCUT2D eigenvalue weighted by atomic mass is 10.2. The summed E-state index contributed by atoms with van der Waals surface area (Å²) in [6.07, 6.45) is 3.16. The van der Waals surface area contributed by atoms with Crippen LogP contribution in [0.2, 0.25) is 0 Å². The maximum atomic E-state index is 12.2. The van der Waals surface area contributed by atoms with Gasteiger partial charge >= 0.3 is 0 Å². The highest BCUT2D eigenvalue weighted by molar-refractivity contribution is 8.18. The van der Waals surface area contributed by atoms with Gasteiger partial charge in [0.25, 0.3) is 5.91 Å². The lowest BCUT2D eigenvalue weighted by molar-refractivity contribution is -0.113. The molecule has 0 spiro atoms. The molecule has 0 saturated carbocycles. The topological polar surface area (TPSA) is 51.1 Å². The summed E-state index contributed by atoms with van der Waals surface area (Å²) >= 11 is 1.44. The Bertz CT molecular complexity index is 674. The molecule has 1 aromatic rings. The molecule has 2 aliphatic rings. The van der Waals surface area contributed by atoms with Crippen LogP contribution in [-0.2, 0) is 9.53 Å². The Morgan fingerprint density at radius 3 is 2.60 bits per heavy atom. The van der Waals surface area contributed by atoms with Crippen molar-refractivity contribution in [1.82, 2.24) is 4.90 Å². The normalized spacial score (nSPS) is 25.4. The van der Waals surface area contributed by atoms with Crippen LogP contribution < -0.4 is 4.74 Å². The van der Waals surface area contributed by atoms with Crippen molar-refractivity contribution in [2.75, 3.05) is 19.7 Å². The van der Waals surface area contributed by atoms with E-state index in [2.05, 4.69) is 16.8 Å². The number of amides is 1. The van der Waals surface area contributed by atoms with E-state index in [0.29, 0.717) is 11.5 Å². The summed E-state index contributed by atoms with van der Waals surface area (Å²) < 4.78 is 11.3. The molecule has 0 bridgehead atoms. The van der Waals surface area contributed by atoms with Crippen LogP contribution in [0.25, 0.3) is 6.08 Å². The Morgan fingerprint density at radius 2 is 1.96 bits per heavy atom. The molecule has 1 aromatic carbocycles. The van der Waals surface area contributed by atoms with Gasteiger partial charge in [-0.3, -0.25) is 4.79 Å². The number of carbonyl (C=O) groups is 1. The van der Waals surface area contributed by atoms with Gasteiger partial charge in [-0.1, -0.05) is 19.1 Å². The number of carbonyl (C=O) groups excluding carboxylic acids is 1. The lowest BCUT2D eigenvalue weighted by Crippen LogP contribution is -2.47. The van der Waals surface area contributed by atoms with Gasteiger partial charge in [0.05, 0.1) is 23.7 Å². The summed E-state index contributed by atoms with van der Waals surface area (Å²) in [5, 5.41) is 0.779. The van der Waals surface area contributed by atoms with Gasteiger partial charge < -0.3 is 14.4 Å². The molecule has 25 heavy (non-hydrogen) atoms. The van der Waals surface area contributed by atoms with Gasteiger partial charge in [0.15, 0.2) is 5.17 Å². The van der Waals surface area contributed by atoms with E-state index in [9.17, 15) is 4.79 Å². The highest BCUT2D eigenvalue weighted by atomic mass is 32.2. The van der Waals surface area contributed by atoms with E-state index in [0.717, 1.165) is 36.0 Å². The van der Waals surface area contributed by atoms with E-state index >= 15 is 0 Å². The number of morpholine rings is 1. The molecule has 0 aliphatic carbocycles. The van der Waals surface area contributed by atoms with Crippen LogP contribution in [-0.4, -0.2) is 47.9 Å². The minimum atomic E-state index is -0.168.